The van der Waals surface area contributed by atoms with Crippen molar-refractivity contribution < 1.29 is 4.74 Å². The number of benzene rings is 1. The number of fused-ring (bicyclic) bond motifs is 3. The van der Waals surface area contributed by atoms with Crippen LogP contribution in [0.5, 0.6) is 0 Å². The fourth-order valence-corrected chi connectivity index (χ4v) is 3.49. The molecule has 1 aromatic carbocycles. The molecule has 0 saturated carbocycles. The predicted octanol–water partition coefficient (Wildman–Crippen LogP) is 3.78. The Bertz CT molecular complexity index is 1190. The second-order valence-electron chi connectivity index (χ2n) is 7.04. The predicted molar refractivity (Wildman–Crippen MR) is 118 cm³/mol. The lowest BCUT2D eigenvalue weighted by molar-refractivity contribution is 0.305. The molecular formula is C22H27N7O. The summed E-state index contributed by atoms with van der Waals surface area (Å²) in [5.41, 5.74) is 10.1. The van der Waals surface area contributed by atoms with Gasteiger partial charge in [0.1, 0.15) is 0 Å². The molecule has 4 aromatic rings. The lowest BCUT2D eigenvalue weighted by atomic mass is 10.1. The van der Waals surface area contributed by atoms with Crippen molar-refractivity contribution in [1.82, 2.24) is 29.4 Å². The van der Waals surface area contributed by atoms with Crippen LogP contribution >= 0.6 is 0 Å². The summed E-state index contributed by atoms with van der Waals surface area (Å²) in [6.45, 7) is 7.52. The highest BCUT2D eigenvalue weighted by Crippen LogP contribution is 2.24. The van der Waals surface area contributed by atoms with E-state index < -0.39 is 0 Å². The van der Waals surface area contributed by atoms with E-state index in [4.69, 9.17) is 10.5 Å². The molecule has 0 fully saturated rings. The number of aromatic nitrogens is 6. The Labute approximate surface area is 175 Å². The van der Waals surface area contributed by atoms with E-state index in [9.17, 15) is 0 Å². The molecule has 0 aliphatic carbocycles. The SMILES string of the molecule is CC.Cc1ccc(CCCn2ncc3c2nc(N)n2nc(C4=CCCO4)nc32)cc1. The first-order valence-corrected chi connectivity index (χ1v) is 10.5. The Kier molecular flexibility index (Phi) is 5.65. The van der Waals surface area contributed by atoms with Crippen molar-refractivity contribution in [1.29, 1.82) is 0 Å². The van der Waals surface area contributed by atoms with Gasteiger partial charge in [0.25, 0.3) is 0 Å². The summed E-state index contributed by atoms with van der Waals surface area (Å²) in [6, 6.07) is 8.63. The third-order valence-electron chi connectivity index (χ3n) is 4.98. The fourth-order valence-electron chi connectivity index (χ4n) is 3.49. The molecule has 4 heterocycles. The van der Waals surface area contributed by atoms with E-state index in [0.717, 1.165) is 36.8 Å². The van der Waals surface area contributed by atoms with E-state index in [-0.39, 0.29) is 0 Å². The van der Waals surface area contributed by atoms with E-state index in [2.05, 4.69) is 51.4 Å². The van der Waals surface area contributed by atoms with Gasteiger partial charge >= 0.3 is 0 Å². The highest BCUT2D eigenvalue weighted by Gasteiger charge is 2.19. The van der Waals surface area contributed by atoms with Crippen LogP contribution in [-0.4, -0.2) is 36.0 Å². The van der Waals surface area contributed by atoms with Gasteiger partial charge in [-0.1, -0.05) is 43.7 Å². The molecule has 0 saturated heterocycles. The molecule has 1 aliphatic heterocycles. The van der Waals surface area contributed by atoms with Gasteiger partial charge in [0.05, 0.1) is 18.2 Å². The molecule has 5 rings (SSSR count). The summed E-state index contributed by atoms with van der Waals surface area (Å²) in [4.78, 5) is 9.14. The average molecular weight is 406 g/mol. The van der Waals surface area contributed by atoms with E-state index >= 15 is 0 Å². The van der Waals surface area contributed by atoms with Gasteiger partial charge in [-0.2, -0.15) is 14.6 Å². The summed E-state index contributed by atoms with van der Waals surface area (Å²) < 4.78 is 9.01. The summed E-state index contributed by atoms with van der Waals surface area (Å²) in [5.74, 6) is 1.52. The Morgan fingerprint density at radius 3 is 2.63 bits per heavy atom. The number of nitrogens with zero attached hydrogens (tertiary/aromatic N) is 6. The van der Waals surface area contributed by atoms with Crippen LogP contribution in [0.2, 0.25) is 0 Å². The van der Waals surface area contributed by atoms with Crippen LogP contribution in [0.3, 0.4) is 0 Å². The number of nitrogen functional groups attached to an aromatic ring is 1. The molecule has 2 N–H and O–H groups in total. The number of hydrogen-bond acceptors (Lipinski definition) is 6. The van der Waals surface area contributed by atoms with Gasteiger partial charge in [-0.05, 0) is 31.4 Å². The fraction of sp³-hybridized carbons (Fsp3) is 0.364. The molecule has 0 radical (unpaired) electrons. The van der Waals surface area contributed by atoms with Gasteiger partial charge in [-0.3, -0.25) is 0 Å². The van der Waals surface area contributed by atoms with Crippen molar-refractivity contribution in [3.63, 3.8) is 0 Å². The molecule has 0 unspecified atom stereocenters. The van der Waals surface area contributed by atoms with Crippen LogP contribution in [0.15, 0.2) is 36.5 Å². The minimum atomic E-state index is 0.292. The van der Waals surface area contributed by atoms with Crippen molar-refractivity contribution in [2.45, 2.75) is 46.6 Å². The van der Waals surface area contributed by atoms with E-state index in [1.54, 1.807) is 10.7 Å². The largest absolute Gasteiger partial charge is 0.490 e. The van der Waals surface area contributed by atoms with Gasteiger partial charge in [-0.15, -0.1) is 5.10 Å². The number of nitrogens with two attached hydrogens (primary N) is 1. The first kappa shape index (κ1) is 19.9. The average Bonchev–Trinajstić information content (AvgIpc) is 3.50. The number of aryl methyl sites for hydroxylation is 3. The summed E-state index contributed by atoms with van der Waals surface area (Å²) >= 11 is 0. The zero-order valence-corrected chi connectivity index (χ0v) is 17.7. The minimum absolute atomic E-state index is 0.292. The molecule has 1 aliphatic rings. The maximum Gasteiger partial charge on any atom is 0.225 e. The van der Waals surface area contributed by atoms with Gasteiger partial charge < -0.3 is 10.5 Å². The van der Waals surface area contributed by atoms with Crippen molar-refractivity contribution in [2.75, 3.05) is 12.3 Å². The Balaban J connectivity index is 0.00000106. The van der Waals surface area contributed by atoms with Crippen LogP contribution in [0.1, 0.15) is 43.6 Å². The number of hydrogen-bond donors (Lipinski definition) is 1. The smallest absolute Gasteiger partial charge is 0.225 e. The van der Waals surface area contributed by atoms with Crippen molar-refractivity contribution >= 4 is 28.4 Å². The first-order chi connectivity index (χ1) is 14.7. The van der Waals surface area contributed by atoms with Gasteiger partial charge in [-0.25, -0.2) is 9.67 Å². The monoisotopic (exact) mass is 405 g/mol. The Morgan fingerprint density at radius 1 is 1.10 bits per heavy atom. The highest BCUT2D eigenvalue weighted by molar-refractivity contribution is 5.90. The molecule has 3 aromatic heterocycles. The second kappa shape index (κ2) is 8.52. The molecule has 0 amide bonds. The Morgan fingerprint density at radius 2 is 1.90 bits per heavy atom. The summed E-state index contributed by atoms with van der Waals surface area (Å²) in [7, 11) is 0. The standard InChI is InChI=1S/C20H21N7O.C2H6/c1-13-6-8-14(9-7-13)4-2-10-26-18-15(12-22-26)19-23-17(16-5-3-11-28-16)25-27(19)20(21)24-18;1-2/h5-9,12H,2-4,10-11H2,1H3,(H2,21,24);1-2H3. The van der Waals surface area contributed by atoms with Crippen molar-refractivity contribution in [3.05, 3.63) is 53.5 Å². The van der Waals surface area contributed by atoms with Gasteiger partial charge in [0.2, 0.25) is 11.8 Å². The lowest BCUT2D eigenvalue weighted by Crippen LogP contribution is -2.07. The zero-order valence-electron chi connectivity index (χ0n) is 17.7. The molecule has 30 heavy (non-hydrogen) atoms. The van der Waals surface area contributed by atoms with Crippen molar-refractivity contribution in [2.24, 2.45) is 0 Å². The molecule has 156 valence electrons. The van der Waals surface area contributed by atoms with Gasteiger partial charge in [0.15, 0.2) is 17.1 Å². The quantitative estimate of drug-likeness (QED) is 0.543. The zero-order chi connectivity index (χ0) is 21.1. The topological polar surface area (TPSA) is 96.2 Å². The maximum absolute atomic E-state index is 6.14. The Hall–Kier alpha value is -3.42. The minimum Gasteiger partial charge on any atom is -0.490 e. The van der Waals surface area contributed by atoms with E-state index in [1.165, 1.54) is 11.1 Å². The number of ether oxygens (including phenoxy) is 1. The molecule has 8 heteroatoms. The second-order valence-corrected chi connectivity index (χ2v) is 7.04. The van der Waals surface area contributed by atoms with Crippen LogP contribution in [0.4, 0.5) is 5.95 Å². The molecule has 0 spiro atoms. The first-order valence-electron chi connectivity index (χ1n) is 10.5. The maximum atomic E-state index is 6.14. The number of rotatable bonds is 5. The molecule has 0 atom stereocenters. The summed E-state index contributed by atoms with van der Waals surface area (Å²) in [6.07, 6.45) is 6.59. The summed E-state index contributed by atoms with van der Waals surface area (Å²) in [5, 5.41) is 9.80. The third kappa shape index (κ3) is 3.72. The van der Waals surface area contributed by atoms with Crippen LogP contribution in [-0.2, 0) is 17.7 Å². The van der Waals surface area contributed by atoms with Crippen molar-refractivity contribution in [3.8, 4) is 0 Å². The molecule has 8 nitrogen and oxygen atoms in total. The lowest BCUT2D eigenvalue weighted by Gasteiger charge is -2.05. The highest BCUT2D eigenvalue weighted by atomic mass is 16.5. The third-order valence-corrected chi connectivity index (χ3v) is 4.98. The normalized spacial score (nSPS) is 13.2. The van der Waals surface area contributed by atoms with Crippen LogP contribution < -0.4 is 5.73 Å². The van der Waals surface area contributed by atoms with E-state index in [0.29, 0.717) is 29.8 Å². The van der Waals surface area contributed by atoms with E-state index in [1.807, 2.05) is 24.6 Å². The molecule has 0 bridgehead atoms. The number of anilines is 1. The van der Waals surface area contributed by atoms with Crippen LogP contribution in [0, 0.1) is 6.92 Å². The van der Waals surface area contributed by atoms with Gasteiger partial charge in [0, 0.05) is 13.0 Å². The molecular weight excluding hydrogens is 378 g/mol. The van der Waals surface area contributed by atoms with Crippen LogP contribution in [0.25, 0.3) is 22.4 Å².